The van der Waals surface area contributed by atoms with Crippen LogP contribution in [0, 0.1) is 10.1 Å². The SMILES string of the molecule is O=C(O)C(O)c1ncc([N+](=O)[O-])cc1Br. The number of aliphatic hydroxyl groups excluding tert-OH is 1. The normalized spacial score (nSPS) is 12.1. The monoisotopic (exact) mass is 276 g/mol. The Bertz CT molecular complexity index is 422. The minimum absolute atomic E-state index is 0.0756. The molecule has 1 atom stereocenters. The molecule has 2 N–H and O–H groups in total. The number of rotatable bonds is 3. The molecule has 1 heterocycles. The Hall–Kier alpha value is -1.54. The fraction of sp³-hybridized carbons (Fsp3) is 0.143. The van der Waals surface area contributed by atoms with Crippen LogP contribution in [0.25, 0.3) is 0 Å². The van der Waals surface area contributed by atoms with Crippen molar-refractivity contribution in [3.05, 3.63) is 32.5 Å². The van der Waals surface area contributed by atoms with Crippen molar-refractivity contribution in [3.63, 3.8) is 0 Å². The van der Waals surface area contributed by atoms with E-state index in [9.17, 15) is 14.9 Å². The molecule has 1 aromatic heterocycles. The third kappa shape index (κ3) is 2.48. The summed E-state index contributed by atoms with van der Waals surface area (Å²) in [4.78, 5) is 23.6. The van der Waals surface area contributed by atoms with E-state index in [1.165, 1.54) is 0 Å². The Morgan fingerprint density at radius 3 is 2.67 bits per heavy atom. The van der Waals surface area contributed by atoms with Gasteiger partial charge in [-0.3, -0.25) is 10.1 Å². The molecule has 0 aliphatic heterocycles. The molecule has 0 aromatic carbocycles. The molecule has 0 spiro atoms. The van der Waals surface area contributed by atoms with Crippen molar-refractivity contribution in [2.24, 2.45) is 0 Å². The Balaban J connectivity index is 3.13. The largest absolute Gasteiger partial charge is 0.479 e. The van der Waals surface area contributed by atoms with Gasteiger partial charge in [0.2, 0.25) is 0 Å². The van der Waals surface area contributed by atoms with Gasteiger partial charge < -0.3 is 10.2 Å². The fourth-order valence-corrected chi connectivity index (χ4v) is 1.41. The van der Waals surface area contributed by atoms with Gasteiger partial charge in [0.15, 0.2) is 6.10 Å². The zero-order chi connectivity index (χ0) is 11.6. The second-order valence-corrected chi connectivity index (χ2v) is 3.41. The smallest absolute Gasteiger partial charge is 0.338 e. The molecule has 0 saturated carbocycles. The number of pyridine rings is 1. The average Bonchev–Trinajstić information content (AvgIpc) is 2.16. The Morgan fingerprint density at radius 1 is 1.67 bits per heavy atom. The third-order valence-corrected chi connectivity index (χ3v) is 2.19. The summed E-state index contributed by atoms with van der Waals surface area (Å²) in [5.74, 6) is -1.47. The quantitative estimate of drug-likeness (QED) is 0.626. The Labute approximate surface area is 91.7 Å². The first-order valence-corrected chi connectivity index (χ1v) is 4.43. The highest BCUT2D eigenvalue weighted by atomic mass is 79.9. The molecule has 7 nitrogen and oxygen atoms in total. The summed E-state index contributed by atoms with van der Waals surface area (Å²) in [7, 11) is 0. The van der Waals surface area contributed by atoms with Crippen molar-refractivity contribution >= 4 is 27.6 Å². The highest BCUT2D eigenvalue weighted by molar-refractivity contribution is 9.10. The standard InChI is InChI=1S/C7H5BrN2O5/c8-4-1-3(10(14)15)2-9-5(4)6(11)7(12)13/h1-2,6,11H,(H,12,13). The van der Waals surface area contributed by atoms with Crippen molar-refractivity contribution in [1.82, 2.24) is 4.98 Å². The summed E-state index contributed by atoms with van der Waals surface area (Å²) in [5.41, 5.74) is -0.462. The van der Waals surface area contributed by atoms with E-state index in [4.69, 9.17) is 10.2 Å². The van der Waals surface area contributed by atoms with Gasteiger partial charge in [-0.05, 0) is 15.9 Å². The Morgan fingerprint density at radius 2 is 2.27 bits per heavy atom. The molecule has 80 valence electrons. The van der Waals surface area contributed by atoms with E-state index in [1.807, 2.05) is 0 Å². The molecule has 0 radical (unpaired) electrons. The van der Waals surface area contributed by atoms with Crippen molar-refractivity contribution in [3.8, 4) is 0 Å². The number of carboxylic acids is 1. The van der Waals surface area contributed by atoms with Gasteiger partial charge in [-0.1, -0.05) is 0 Å². The van der Waals surface area contributed by atoms with Crippen LogP contribution >= 0.6 is 15.9 Å². The summed E-state index contributed by atoms with van der Waals surface area (Å²) in [5, 5.41) is 28.0. The van der Waals surface area contributed by atoms with Crippen LogP contribution in [0.2, 0.25) is 0 Å². The van der Waals surface area contributed by atoms with E-state index in [-0.39, 0.29) is 15.9 Å². The maximum absolute atomic E-state index is 10.4. The molecule has 8 heteroatoms. The first-order chi connectivity index (χ1) is 6.93. The highest BCUT2D eigenvalue weighted by Gasteiger charge is 2.22. The molecule has 0 bridgehead atoms. The van der Waals surface area contributed by atoms with Crippen LogP contribution in [0.15, 0.2) is 16.7 Å². The predicted molar refractivity (Wildman–Crippen MR) is 51.2 cm³/mol. The minimum Gasteiger partial charge on any atom is -0.479 e. The van der Waals surface area contributed by atoms with E-state index in [1.54, 1.807) is 0 Å². The number of halogens is 1. The van der Waals surface area contributed by atoms with Crippen LogP contribution in [-0.4, -0.2) is 26.1 Å². The lowest BCUT2D eigenvalue weighted by Gasteiger charge is -2.06. The van der Waals surface area contributed by atoms with Gasteiger partial charge in [-0.25, -0.2) is 9.78 Å². The first-order valence-electron chi connectivity index (χ1n) is 3.64. The van der Waals surface area contributed by atoms with Gasteiger partial charge >= 0.3 is 5.97 Å². The molecule has 1 unspecified atom stereocenters. The maximum Gasteiger partial charge on any atom is 0.338 e. The van der Waals surface area contributed by atoms with Crippen LogP contribution in [0.5, 0.6) is 0 Å². The van der Waals surface area contributed by atoms with Crippen LogP contribution in [0.3, 0.4) is 0 Å². The van der Waals surface area contributed by atoms with Crippen molar-refractivity contribution in [1.29, 1.82) is 0 Å². The average molecular weight is 277 g/mol. The van der Waals surface area contributed by atoms with Gasteiger partial charge in [0.25, 0.3) is 5.69 Å². The molecule has 1 rings (SSSR count). The predicted octanol–water partition coefficient (Wildman–Crippen LogP) is 0.870. The number of aliphatic hydroxyl groups is 1. The van der Waals surface area contributed by atoms with E-state index in [2.05, 4.69) is 20.9 Å². The molecule has 1 aromatic rings. The van der Waals surface area contributed by atoms with Crippen molar-refractivity contribution in [2.45, 2.75) is 6.10 Å². The summed E-state index contributed by atoms with van der Waals surface area (Å²) < 4.78 is 0.0756. The van der Waals surface area contributed by atoms with Gasteiger partial charge in [0.05, 0.1) is 10.6 Å². The molecule has 0 aliphatic carbocycles. The molecule has 0 aliphatic rings. The lowest BCUT2D eigenvalue weighted by molar-refractivity contribution is -0.385. The summed E-state index contributed by atoms with van der Waals surface area (Å²) in [6.45, 7) is 0. The van der Waals surface area contributed by atoms with Crippen molar-refractivity contribution < 1.29 is 19.9 Å². The van der Waals surface area contributed by atoms with Crippen LogP contribution in [0.1, 0.15) is 11.8 Å². The minimum atomic E-state index is -1.81. The summed E-state index contributed by atoms with van der Waals surface area (Å²) in [6, 6.07) is 1.08. The van der Waals surface area contributed by atoms with Crippen molar-refractivity contribution in [2.75, 3.05) is 0 Å². The van der Waals surface area contributed by atoms with Crippen LogP contribution < -0.4 is 0 Å². The fourth-order valence-electron chi connectivity index (χ4n) is 0.856. The lowest BCUT2D eigenvalue weighted by atomic mass is 10.2. The zero-order valence-corrected chi connectivity index (χ0v) is 8.71. The van der Waals surface area contributed by atoms with E-state index >= 15 is 0 Å². The van der Waals surface area contributed by atoms with Crippen LogP contribution in [-0.2, 0) is 4.79 Å². The first kappa shape index (κ1) is 11.5. The zero-order valence-electron chi connectivity index (χ0n) is 7.12. The maximum atomic E-state index is 10.4. The molecule has 0 fully saturated rings. The molecule has 0 saturated heterocycles. The van der Waals surface area contributed by atoms with Crippen LogP contribution in [0.4, 0.5) is 5.69 Å². The van der Waals surface area contributed by atoms with E-state index < -0.39 is 17.0 Å². The summed E-state index contributed by atoms with van der Waals surface area (Å²) >= 11 is 2.89. The molecule has 0 amide bonds. The molecule has 15 heavy (non-hydrogen) atoms. The number of aromatic nitrogens is 1. The number of hydrogen-bond donors (Lipinski definition) is 2. The van der Waals surface area contributed by atoms with Gasteiger partial charge in [0, 0.05) is 10.5 Å². The van der Waals surface area contributed by atoms with E-state index in [0.717, 1.165) is 12.3 Å². The van der Waals surface area contributed by atoms with Gasteiger partial charge in [0.1, 0.15) is 6.20 Å². The number of nitrogens with zero attached hydrogens (tertiary/aromatic N) is 2. The van der Waals surface area contributed by atoms with Gasteiger partial charge in [-0.2, -0.15) is 0 Å². The number of carboxylic acid groups (broad SMARTS) is 1. The topological polar surface area (TPSA) is 114 Å². The van der Waals surface area contributed by atoms with Gasteiger partial charge in [-0.15, -0.1) is 0 Å². The second-order valence-electron chi connectivity index (χ2n) is 2.56. The third-order valence-electron chi connectivity index (χ3n) is 1.56. The summed E-state index contributed by atoms with van der Waals surface area (Å²) in [6.07, 6.45) is -0.924. The second kappa shape index (κ2) is 4.32. The molecular weight excluding hydrogens is 272 g/mol. The Kier molecular flexibility index (Phi) is 3.32. The number of carbonyl (C=O) groups is 1. The number of hydrogen-bond acceptors (Lipinski definition) is 5. The number of aliphatic carboxylic acids is 1. The highest BCUT2D eigenvalue weighted by Crippen LogP contribution is 2.25. The lowest BCUT2D eigenvalue weighted by Crippen LogP contribution is -2.12. The van der Waals surface area contributed by atoms with E-state index in [0.29, 0.717) is 0 Å². The molecular formula is C7H5BrN2O5. The number of nitro groups is 1.